The molecule has 1 heterocycles. The number of primary amides is 2. The number of carbonyl (C=O) groups is 4. The van der Waals surface area contributed by atoms with Crippen molar-refractivity contribution >= 4 is 39.8 Å². The van der Waals surface area contributed by atoms with Gasteiger partial charge in [0.25, 0.3) is 5.91 Å². The number of hydrogen-bond donors (Lipinski definition) is 2. The van der Waals surface area contributed by atoms with Crippen molar-refractivity contribution in [2.45, 2.75) is 13.3 Å². The lowest BCUT2D eigenvalue weighted by Crippen LogP contribution is -2.39. The maximum Gasteiger partial charge on any atom is 0.251 e. The van der Waals surface area contributed by atoms with E-state index in [1.807, 2.05) is 30.3 Å². The van der Waals surface area contributed by atoms with Crippen LogP contribution in [-0.4, -0.2) is 30.0 Å². The van der Waals surface area contributed by atoms with Crippen molar-refractivity contribution in [1.29, 1.82) is 0 Å². The Morgan fingerprint density at radius 3 is 2.24 bits per heavy atom. The number of thiophene rings is 1. The van der Waals surface area contributed by atoms with Crippen molar-refractivity contribution in [3.8, 4) is 10.4 Å². The fourth-order valence-corrected chi connectivity index (χ4v) is 3.43. The number of rotatable bonds is 7. The molecule has 2 aromatic rings. The van der Waals surface area contributed by atoms with Crippen LogP contribution in [0.2, 0.25) is 0 Å². The SMILES string of the molecule is CC(=O)CC(=O)N(CC(N)=O)c1sc(-c2ccccc2)cc1C(N)=O. The van der Waals surface area contributed by atoms with Gasteiger partial charge in [-0.2, -0.15) is 0 Å². The summed E-state index contributed by atoms with van der Waals surface area (Å²) in [5.74, 6) is -2.48. The van der Waals surface area contributed by atoms with Crippen LogP contribution in [-0.2, 0) is 14.4 Å². The summed E-state index contributed by atoms with van der Waals surface area (Å²) in [6, 6.07) is 10.8. The molecule has 0 aliphatic heterocycles. The second kappa shape index (κ2) is 7.71. The minimum atomic E-state index is -0.762. The minimum Gasteiger partial charge on any atom is -0.368 e. The molecule has 0 fully saturated rings. The Morgan fingerprint density at radius 2 is 1.72 bits per heavy atom. The maximum absolute atomic E-state index is 12.4. The van der Waals surface area contributed by atoms with Gasteiger partial charge < -0.3 is 11.5 Å². The van der Waals surface area contributed by atoms with E-state index in [0.29, 0.717) is 4.88 Å². The van der Waals surface area contributed by atoms with Crippen LogP contribution >= 0.6 is 11.3 Å². The summed E-state index contributed by atoms with van der Waals surface area (Å²) >= 11 is 1.13. The van der Waals surface area contributed by atoms with E-state index in [-0.39, 0.29) is 16.3 Å². The van der Waals surface area contributed by atoms with Gasteiger partial charge in [-0.25, -0.2) is 0 Å². The molecule has 25 heavy (non-hydrogen) atoms. The summed E-state index contributed by atoms with van der Waals surface area (Å²) < 4.78 is 0. The molecule has 0 atom stereocenters. The zero-order chi connectivity index (χ0) is 18.6. The fourth-order valence-electron chi connectivity index (χ4n) is 2.24. The van der Waals surface area contributed by atoms with Crippen LogP contribution in [0.25, 0.3) is 10.4 Å². The van der Waals surface area contributed by atoms with Gasteiger partial charge >= 0.3 is 0 Å². The Hall–Kier alpha value is -3.00. The van der Waals surface area contributed by atoms with Gasteiger partial charge in [0, 0.05) is 4.88 Å². The Balaban J connectivity index is 2.53. The number of nitrogens with zero attached hydrogens (tertiary/aromatic N) is 1. The van der Waals surface area contributed by atoms with E-state index in [0.717, 1.165) is 21.8 Å². The topological polar surface area (TPSA) is 124 Å². The van der Waals surface area contributed by atoms with Crippen LogP contribution in [0, 0.1) is 0 Å². The molecule has 1 aromatic carbocycles. The molecule has 0 unspecified atom stereocenters. The van der Waals surface area contributed by atoms with E-state index in [1.165, 1.54) is 6.92 Å². The van der Waals surface area contributed by atoms with Crippen molar-refractivity contribution in [2.75, 3.05) is 11.4 Å². The minimum absolute atomic E-state index is 0.0991. The van der Waals surface area contributed by atoms with Crippen molar-refractivity contribution < 1.29 is 19.2 Å². The van der Waals surface area contributed by atoms with Gasteiger partial charge in [-0.05, 0) is 18.6 Å². The molecule has 0 aliphatic carbocycles. The molecular formula is C17H17N3O4S. The van der Waals surface area contributed by atoms with Gasteiger partial charge in [0.15, 0.2) is 0 Å². The lowest BCUT2D eigenvalue weighted by molar-refractivity contribution is -0.127. The van der Waals surface area contributed by atoms with E-state index < -0.39 is 30.7 Å². The van der Waals surface area contributed by atoms with E-state index >= 15 is 0 Å². The molecule has 8 heteroatoms. The molecule has 3 amide bonds. The number of Topliss-reactive ketones (excluding diaryl/α,β-unsaturated/α-hetero) is 1. The predicted molar refractivity (Wildman–Crippen MR) is 95.1 cm³/mol. The summed E-state index contributed by atoms with van der Waals surface area (Å²) in [6.45, 7) is 0.820. The molecule has 0 saturated carbocycles. The van der Waals surface area contributed by atoms with E-state index in [4.69, 9.17) is 11.5 Å². The van der Waals surface area contributed by atoms with Crippen LogP contribution in [0.4, 0.5) is 5.00 Å². The summed E-state index contributed by atoms with van der Waals surface area (Å²) in [7, 11) is 0. The zero-order valence-corrected chi connectivity index (χ0v) is 14.3. The van der Waals surface area contributed by atoms with Gasteiger partial charge in [0.2, 0.25) is 11.8 Å². The third-order valence-electron chi connectivity index (χ3n) is 3.30. The monoisotopic (exact) mass is 359 g/mol. The lowest BCUT2D eigenvalue weighted by Gasteiger charge is -2.20. The molecule has 0 spiro atoms. The molecule has 0 radical (unpaired) electrons. The first-order valence-corrected chi connectivity index (χ1v) is 8.18. The molecule has 0 aliphatic rings. The highest BCUT2D eigenvalue weighted by Crippen LogP contribution is 2.37. The quantitative estimate of drug-likeness (QED) is 0.723. The van der Waals surface area contributed by atoms with Gasteiger partial charge in [-0.1, -0.05) is 30.3 Å². The van der Waals surface area contributed by atoms with Gasteiger partial charge in [0.05, 0.1) is 12.0 Å². The molecule has 7 nitrogen and oxygen atoms in total. The third-order valence-corrected chi connectivity index (χ3v) is 4.50. The number of hydrogen-bond acceptors (Lipinski definition) is 5. The Bertz CT molecular complexity index is 830. The second-order valence-corrected chi connectivity index (χ2v) is 6.42. The first-order chi connectivity index (χ1) is 11.8. The number of amides is 3. The van der Waals surface area contributed by atoms with Crippen LogP contribution in [0.3, 0.4) is 0 Å². The smallest absolute Gasteiger partial charge is 0.251 e. The molecule has 1 aromatic heterocycles. The first kappa shape index (κ1) is 18.3. The van der Waals surface area contributed by atoms with E-state index in [9.17, 15) is 19.2 Å². The van der Waals surface area contributed by atoms with Crippen molar-refractivity contribution in [3.05, 3.63) is 42.0 Å². The van der Waals surface area contributed by atoms with Gasteiger partial charge in [0.1, 0.15) is 17.3 Å². The number of benzene rings is 1. The molecule has 130 valence electrons. The lowest BCUT2D eigenvalue weighted by atomic mass is 10.1. The molecular weight excluding hydrogens is 342 g/mol. The normalized spacial score (nSPS) is 10.3. The van der Waals surface area contributed by atoms with E-state index in [2.05, 4.69) is 0 Å². The second-order valence-electron chi connectivity index (χ2n) is 5.38. The predicted octanol–water partition coefficient (Wildman–Crippen LogP) is 1.31. The highest BCUT2D eigenvalue weighted by Gasteiger charge is 2.26. The number of carbonyl (C=O) groups excluding carboxylic acids is 4. The van der Waals surface area contributed by atoms with E-state index in [1.54, 1.807) is 6.07 Å². The standard InChI is InChI=1S/C17H17N3O4S/c1-10(21)7-15(23)20(9-14(18)22)17-12(16(19)24)8-13(25-17)11-5-3-2-4-6-11/h2-6,8H,7,9H2,1H3,(H2,18,22)(H2,19,24). The Labute approximate surface area is 148 Å². The molecule has 0 saturated heterocycles. The molecule has 0 bridgehead atoms. The molecule has 4 N–H and O–H groups in total. The number of ketones is 1. The average molecular weight is 359 g/mol. The summed E-state index contributed by atoms with van der Waals surface area (Å²) in [5, 5.41) is 0.205. The summed E-state index contributed by atoms with van der Waals surface area (Å²) in [5.41, 5.74) is 11.6. The van der Waals surface area contributed by atoms with Crippen molar-refractivity contribution in [3.63, 3.8) is 0 Å². The highest BCUT2D eigenvalue weighted by molar-refractivity contribution is 7.20. The zero-order valence-electron chi connectivity index (χ0n) is 13.5. The highest BCUT2D eigenvalue weighted by atomic mass is 32.1. The number of nitrogens with two attached hydrogens (primary N) is 2. The molecule has 2 rings (SSSR count). The summed E-state index contributed by atoms with van der Waals surface area (Å²) in [4.78, 5) is 48.5. The van der Waals surface area contributed by atoms with Crippen LogP contribution in [0.1, 0.15) is 23.7 Å². The maximum atomic E-state index is 12.4. The van der Waals surface area contributed by atoms with Gasteiger partial charge in [-0.15, -0.1) is 11.3 Å². The summed E-state index contributed by atoms with van der Waals surface area (Å²) in [6.07, 6.45) is -0.399. The first-order valence-electron chi connectivity index (χ1n) is 7.36. The van der Waals surface area contributed by atoms with Crippen molar-refractivity contribution in [1.82, 2.24) is 0 Å². The van der Waals surface area contributed by atoms with Crippen LogP contribution in [0.15, 0.2) is 36.4 Å². The Morgan fingerprint density at radius 1 is 1.08 bits per heavy atom. The third kappa shape index (κ3) is 4.51. The fraction of sp³-hybridized carbons (Fsp3) is 0.176. The van der Waals surface area contributed by atoms with Crippen LogP contribution < -0.4 is 16.4 Å². The Kier molecular flexibility index (Phi) is 5.66. The average Bonchev–Trinajstić information content (AvgIpc) is 2.97. The van der Waals surface area contributed by atoms with Gasteiger partial charge in [-0.3, -0.25) is 24.1 Å². The van der Waals surface area contributed by atoms with Crippen molar-refractivity contribution in [2.24, 2.45) is 11.5 Å². The number of anilines is 1. The van der Waals surface area contributed by atoms with Crippen LogP contribution in [0.5, 0.6) is 0 Å². The largest absolute Gasteiger partial charge is 0.368 e.